The van der Waals surface area contributed by atoms with E-state index in [1.165, 1.54) is 24.1 Å². The van der Waals surface area contributed by atoms with E-state index in [2.05, 4.69) is 47.4 Å². The highest BCUT2D eigenvalue weighted by Gasteiger charge is 2.20. The average molecular weight is 318 g/mol. The van der Waals surface area contributed by atoms with Crippen LogP contribution in [0.5, 0.6) is 0 Å². The number of benzene rings is 2. The summed E-state index contributed by atoms with van der Waals surface area (Å²) >= 11 is 0. The fourth-order valence-electron chi connectivity index (χ4n) is 3.73. The molecule has 4 rings (SSSR count). The molecule has 24 heavy (non-hydrogen) atoms. The Labute approximate surface area is 142 Å². The van der Waals surface area contributed by atoms with E-state index in [-0.39, 0.29) is 5.56 Å². The molecule has 0 atom stereocenters. The van der Waals surface area contributed by atoms with Crippen LogP contribution in [0.15, 0.2) is 65.6 Å². The van der Waals surface area contributed by atoms with Crippen molar-refractivity contribution in [1.82, 2.24) is 4.57 Å². The Morgan fingerprint density at radius 1 is 0.958 bits per heavy atom. The van der Waals surface area contributed by atoms with Gasteiger partial charge in [0, 0.05) is 37.4 Å². The van der Waals surface area contributed by atoms with Crippen molar-refractivity contribution in [3.8, 4) is 0 Å². The van der Waals surface area contributed by atoms with E-state index in [9.17, 15) is 4.79 Å². The van der Waals surface area contributed by atoms with Gasteiger partial charge in [-0.05, 0) is 54.0 Å². The predicted octanol–water partition coefficient (Wildman–Crippen LogP) is 3.92. The molecule has 1 fully saturated rings. The zero-order valence-corrected chi connectivity index (χ0v) is 14.0. The second-order valence-corrected chi connectivity index (χ2v) is 6.68. The van der Waals surface area contributed by atoms with Crippen LogP contribution in [0.4, 0.5) is 5.69 Å². The average Bonchev–Trinajstić information content (AvgIpc) is 2.65. The molecule has 1 aliphatic rings. The maximum Gasteiger partial charge on any atom is 0.258 e. The van der Waals surface area contributed by atoms with Crippen LogP contribution in [0, 0.1) is 0 Å². The number of pyridine rings is 1. The van der Waals surface area contributed by atoms with Gasteiger partial charge in [-0.2, -0.15) is 0 Å². The van der Waals surface area contributed by atoms with Gasteiger partial charge < -0.3 is 9.47 Å². The molecule has 2 heterocycles. The molecule has 0 aliphatic carbocycles. The molecular weight excluding hydrogens is 296 g/mol. The molecule has 2 aromatic carbocycles. The maximum atomic E-state index is 12.2. The summed E-state index contributed by atoms with van der Waals surface area (Å²) in [5.41, 5.74) is 2.75. The molecule has 3 heteroatoms. The summed E-state index contributed by atoms with van der Waals surface area (Å²) < 4.78 is 1.63. The van der Waals surface area contributed by atoms with E-state index < -0.39 is 0 Å². The first kappa shape index (κ1) is 15.0. The molecule has 0 radical (unpaired) electrons. The van der Waals surface area contributed by atoms with Crippen LogP contribution in [0.25, 0.3) is 10.8 Å². The number of anilines is 1. The van der Waals surface area contributed by atoms with Gasteiger partial charge >= 0.3 is 0 Å². The third kappa shape index (κ3) is 2.71. The van der Waals surface area contributed by atoms with Gasteiger partial charge in [0.1, 0.15) is 0 Å². The smallest absolute Gasteiger partial charge is 0.258 e. The van der Waals surface area contributed by atoms with E-state index in [0.29, 0.717) is 5.92 Å². The summed E-state index contributed by atoms with van der Waals surface area (Å²) in [4.78, 5) is 14.6. The standard InChI is InChI=1S/C21H22N2O/c1-22-12-9-18-15-19(7-8-20(18)21(22)24)23-13-10-17(11-14-23)16-5-3-2-4-6-16/h2-9,12,15,17H,10-11,13-14H2,1H3. The van der Waals surface area contributed by atoms with Crippen molar-refractivity contribution in [1.29, 1.82) is 0 Å². The zero-order chi connectivity index (χ0) is 16.5. The summed E-state index contributed by atoms with van der Waals surface area (Å²) in [5, 5.41) is 1.82. The molecule has 0 spiro atoms. The third-order valence-corrected chi connectivity index (χ3v) is 5.19. The first-order valence-electron chi connectivity index (χ1n) is 8.62. The number of hydrogen-bond donors (Lipinski definition) is 0. The van der Waals surface area contributed by atoms with Crippen molar-refractivity contribution in [3.05, 3.63) is 76.7 Å². The Bertz CT molecular complexity index is 906. The zero-order valence-electron chi connectivity index (χ0n) is 14.0. The number of nitrogens with zero attached hydrogens (tertiary/aromatic N) is 2. The van der Waals surface area contributed by atoms with Gasteiger partial charge in [0.15, 0.2) is 0 Å². The quantitative estimate of drug-likeness (QED) is 0.715. The molecule has 0 bridgehead atoms. The van der Waals surface area contributed by atoms with Crippen LogP contribution in [0.1, 0.15) is 24.3 Å². The van der Waals surface area contributed by atoms with Crippen LogP contribution in [-0.4, -0.2) is 17.7 Å². The number of hydrogen-bond acceptors (Lipinski definition) is 2. The fourth-order valence-corrected chi connectivity index (χ4v) is 3.73. The number of fused-ring (bicyclic) bond motifs is 1. The highest BCUT2D eigenvalue weighted by atomic mass is 16.1. The van der Waals surface area contributed by atoms with Crippen LogP contribution in [-0.2, 0) is 7.05 Å². The molecule has 0 unspecified atom stereocenters. The summed E-state index contributed by atoms with van der Waals surface area (Å²) in [6.45, 7) is 2.13. The van der Waals surface area contributed by atoms with Crippen molar-refractivity contribution in [3.63, 3.8) is 0 Å². The maximum absolute atomic E-state index is 12.2. The minimum atomic E-state index is 0.0711. The lowest BCUT2D eigenvalue weighted by atomic mass is 9.89. The molecule has 122 valence electrons. The van der Waals surface area contributed by atoms with Crippen LogP contribution < -0.4 is 10.5 Å². The van der Waals surface area contributed by atoms with Crippen molar-refractivity contribution in [2.45, 2.75) is 18.8 Å². The van der Waals surface area contributed by atoms with E-state index in [1.807, 2.05) is 18.3 Å². The van der Waals surface area contributed by atoms with E-state index >= 15 is 0 Å². The third-order valence-electron chi connectivity index (χ3n) is 5.19. The lowest BCUT2D eigenvalue weighted by Gasteiger charge is -2.34. The summed E-state index contributed by atoms with van der Waals surface area (Å²) in [5.74, 6) is 0.662. The van der Waals surface area contributed by atoms with Gasteiger partial charge in [0.05, 0.1) is 0 Å². The minimum Gasteiger partial charge on any atom is -0.371 e. The van der Waals surface area contributed by atoms with Crippen molar-refractivity contribution >= 4 is 16.5 Å². The molecule has 1 saturated heterocycles. The highest BCUT2D eigenvalue weighted by Crippen LogP contribution is 2.31. The SMILES string of the molecule is Cn1ccc2cc(N3CCC(c4ccccc4)CC3)ccc2c1=O. The van der Waals surface area contributed by atoms with E-state index in [1.54, 1.807) is 11.6 Å². The Morgan fingerprint density at radius 2 is 1.71 bits per heavy atom. The topological polar surface area (TPSA) is 25.2 Å². The Kier molecular flexibility index (Phi) is 3.85. The molecule has 0 N–H and O–H groups in total. The van der Waals surface area contributed by atoms with Crippen LogP contribution in [0.3, 0.4) is 0 Å². The molecule has 3 nitrogen and oxygen atoms in total. The number of rotatable bonds is 2. The van der Waals surface area contributed by atoms with E-state index in [4.69, 9.17) is 0 Å². The van der Waals surface area contributed by atoms with E-state index in [0.717, 1.165) is 23.9 Å². The largest absolute Gasteiger partial charge is 0.371 e. The van der Waals surface area contributed by atoms with Gasteiger partial charge in [-0.1, -0.05) is 30.3 Å². The molecule has 1 aliphatic heterocycles. The highest BCUT2D eigenvalue weighted by molar-refractivity contribution is 5.85. The number of aromatic nitrogens is 1. The van der Waals surface area contributed by atoms with Crippen LogP contribution in [0.2, 0.25) is 0 Å². The number of piperidine rings is 1. The summed E-state index contributed by atoms with van der Waals surface area (Å²) in [6.07, 6.45) is 4.20. The normalized spacial score (nSPS) is 15.8. The van der Waals surface area contributed by atoms with Gasteiger partial charge in [0.2, 0.25) is 0 Å². The Hall–Kier alpha value is -2.55. The van der Waals surface area contributed by atoms with Crippen molar-refractivity contribution in [2.24, 2.45) is 7.05 Å². The summed E-state index contributed by atoms with van der Waals surface area (Å²) in [7, 11) is 1.80. The monoisotopic (exact) mass is 318 g/mol. The van der Waals surface area contributed by atoms with Crippen LogP contribution >= 0.6 is 0 Å². The first-order valence-corrected chi connectivity index (χ1v) is 8.62. The molecule has 0 saturated carbocycles. The minimum absolute atomic E-state index is 0.0711. The van der Waals surface area contributed by atoms with Crippen molar-refractivity contribution in [2.75, 3.05) is 18.0 Å². The Morgan fingerprint density at radius 3 is 2.46 bits per heavy atom. The van der Waals surface area contributed by atoms with Gasteiger partial charge in [-0.3, -0.25) is 4.79 Å². The van der Waals surface area contributed by atoms with Gasteiger partial charge in [-0.25, -0.2) is 0 Å². The molecule has 0 amide bonds. The number of aryl methyl sites for hydroxylation is 1. The lowest BCUT2D eigenvalue weighted by molar-refractivity contribution is 0.505. The second-order valence-electron chi connectivity index (χ2n) is 6.68. The second kappa shape index (κ2) is 6.16. The predicted molar refractivity (Wildman–Crippen MR) is 99.8 cm³/mol. The van der Waals surface area contributed by atoms with Gasteiger partial charge in [-0.15, -0.1) is 0 Å². The van der Waals surface area contributed by atoms with Crippen molar-refractivity contribution < 1.29 is 0 Å². The first-order chi connectivity index (χ1) is 11.7. The molecule has 3 aromatic rings. The van der Waals surface area contributed by atoms with Gasteiger partial charge in [0.25, 0.3) is 5.56 Å². The molecular formula is C21H22N2O. The lowest BCUT2D eigenvalue weighted by Crippen LogP contribution is -2.32. The fraction of sp³-hybridized carbons (Fsp3) is 0.286. The molecule has 1 aromatic heterocycles. The summed E-state index contributed by atoms with van der Waals surface area (Å²) in [6, 6.07) is 19.1. The Balaban J connectivity index is 1.54.